The second-order valence-electron chi connectivity index (χ2n) is 10.0. The summed E-state index contributed by atoms with van der Waals surface area (Å²) >= 11 is 0. The highest BCUT2D eigenvalue weighted by atomic mass is 16.6. The van der Waals surface area contributed by atoms with E-state index < -0.39 is 0 Å². The molecule has 0 radical (unpaired) electrons. The molecule has 2 saturated carbocycles. The topological polar surface area (TPSA) is 62.3 Å². The van der Waals surface area contributed by atoms with E-state index in [1.54, 1.807) is 0 Å². The van der Waals surface area contributed by atoms with Gasteiger partial charge in [0.15, 0.2) is 0 Å². The van der Waals surface area contributed by atoms with Crippen LogP contribution in [0.5, 0.6) is 0 Å². The van der Waals surface area contributed by atoms with Gasteiger partial charge >= 0.3 is 5.97 Å². The van der Waals surface area contributed by atoms with E-state index in [2.05, 4.69) is 24.0 Å². The van der Waals surface area contributed by atoms with Crippen LogP contribution in [0.15, 0.2) is 30.3 Å². The Morgan fingerprint density at radius 1 is 1.24 bits per heavy atom. The molecule has 0 aromatic heterocycles. The molecule has 29 heavy (non-hydrogen) atoms. The summed E-state index contributed by atoms with van der Waals surface area (Å²) < 4.78 is 12.0. The first kappa shape index (κ1) is 19.5. The molecule has 1 aromatic carbocycles. The molecule has 0 bridgehead atoms. The van der Waals surface area contributed by atoms with E-state index >= 15 is 0 Å². The van der Waals surface area contributed by atoms with Gasteiger partial charge in [0.25, 0.3) is 0 Å². The summed E-state index contributed by atoms with van der Waals surface area (Å²) in [6.07, 6.45) is 5.69. The Bertz CT molecular complexity index is 749. The molecular weight excluding hydrogens is 366 g/mol. The van der Waals surface area contributed by atoms with Crippen molar-refractivity contribution in [2.45, 2.75) is 57.3 Å². The SMILES string of the molecule is C[C@]12CCC[C@]3(CO3)[C@H]1C[C@@H]1[C@@H](C2)OC(=O)[C@@H]1CN(CCO)Cc1ccccc1. The lowest BCUT2D eigenvalue weighted by Gasteiger charge is -2.51. The Balaban J connectivity index is 1.33. The van der Waals surface area contributed by atoms with Gasteiger partial charge in [-0.2, -0.15) is 0 Å². The van der Waals surface area contributed by atoms with E-state index in [9.17, 15) is 9.90 Å². The molecule has 1 spiro atoms. The Hall–Kier alpha value is -1.43. The predicted molar refractivity (Wildman–Crippen MR) is 109 cm³/mol. The Morgan fingerprint density at radius 2 is 2.03 bits per heavy atom. The lowest BCUT2D eigenvalue weighted by Crippen LogP contribution is -2.51. The number of aliphatic hydroxyl groups excluding tert-OH is 1. The minimum atomic E-state index is -0.0995. The number of hydrogen-bond acceptors (Lipinski definition) is 5. The van der Waals surface area contributed by atoms with Gasteiger partial charge in [0, 0.05) is 25.6 Å². The van der Waals surface area contributed by atoms with Crippen LogP contribution in [0, 0.1) is 23.2 Å². The molecule has 5 nitrogen and oxygen atoms in total. The van der Waals surface area contributed by atoms with E-state index in [1.165, 1.54) is 24.8 Å². The van der Waals surface area contributed by atoms with Gasteiger partial charge in [0.05, 0.1) is 24.7 Å². The maximum absolute atomic E-state index is 12.9. The van der Waals surface area contributed by atoms with Crippen molar-refractivity contribution in [2.24, 2.45) is 23.2 Å². The van der Waals surface area contributed by atoms with Crippen LogP contribution in [0.1, 0.15) is 44.6 Å². The van der Waals surface area contributed by atoms with Gasteiger partial charge < -0.3 is 14.6 Å². The second-order valence-corrected chi connectivity index (χ2v) is 10.0. The average molecular weight is 400 g/mol. The first-order chi connectivity index (χ1) is 14.0. The van der Waals surface area contributed by atoms with Gasteiger partial charge in [0.2, 0.25) is 0 Å². The largest absolute Gasteiger partial charge is 0.462 e. The van der Waals surface area contributed by atoms with Crippen molar-refractivity contribution in [2.75, 3.05) is 26.3 Å². The summed E-state index contributed by atoms with van der Waals surface area (Å²) in [5.74, 6) is 0.681. The summed E-state index contributed by atoms with van der Waals surface area (Å²) in [5, 5.41) is 9.58. The van der Waals surface area contributed by atoms with Crippen LogP contribution in [0.4, 0.5) is 0 Å². The van der Waals surface area contributed by atoms with Crippen molar-refractivity contribution in [1.82, 2.24) is 4.90 Å². The van der Waals surface area contributed by atoms with Crippen LogP contribution in [0.25, 0.3) is 0 Å². The normalized spacial score (nSPS) is 40.6. The van der Waals surface area contributed by atoms with Crippen molar-refractivity contribution in [3.05, 3.63) is 35.9 Å². The molecular formula is C24H33NO4. The number of hydrogen-bond donors (Lipinski definition) is 1. The minimum absolute atomic E-state index is 0.0380. The van der Waals surface area contributed by atoms with Gasteiger partial charge in [-0.15, -0.1) is 0 Å². The molecule has 4 fully saturated rings. The van der Waals surface area contributed by atoms with Crippen LogP contribution >= 0.6 is 0 Å². The molecule has 1 N–H and O–H groups in total. The standard InChI is InChI=1S/C24H33NO4/c1-23-8-5-9-24(16-28-24)21(23)12-18-19(22(27)29-20(18)13-23)15-25(10-11-26)14-17-6-3-2-4-7-17/h2-4,6-7,18-21,26H,5,8-16H2,1H3/t18-,19+,20+,21-,23+,24-/m0/s1. The van der Waals surface area contributed by atoms with Crippen molar-refractivity contribution in [3.63, 3.8) is 0 Å². The van der Waals surface area contributed by atoms with Gasteiger partial charge in [-0.1, -0.05) is 37.3 Å². The number of aliphatic hydroxyl groups is 1. The minimum Gasteiger partial charge on any atom is -0.462 e. The van der Waals surface area contributed by atoms with Crippen LogP contribution in [0.2, 0.25) is 0 Å². The van der Waals surface area contributed by atoms with Crippen molar-refractivity contribution in [1.29, 1.82) is 0 Å². The van der Waals surface area contributed by atoms with Crippen LogP contribution in [0.3, 0.4) is 0 Å². The predicted octanol–water partition coefficient (Wildman–Crippen LogP) is 3.01. The molecule has 2 aliphatic carbocycles. The molecule has 4 aliphatic rings. The Kier molecular flexibility index (Phi) is 4.96. The summed E-state index contributed by atoms with van der Waals surface area (Å²) in [6.45, 7) is 5.37. The molecule has 5 heteroatoms. The molecule has 0 amide bonds. The molecule has 158 valence electrons. The average Bonchev–Trinajstić information content (AvgIpc) is 3.40. The van der Waals surface area contributed by atoms with E-state index in [-0.39, 0.29) is 41.5 Å². The number of esters is 1. The monoisotopic (exact) mass is 399 g/mol. The molecule has 0 unspecified atom stereocenters. The number of benzene rings is 1. The molecule has 6 atom stereocenters. The van der Waals surface area contributed by atoms with Crippen molar-refractivity contribution < 1.29 is 19.4 Å². The second kappa shape index (κ2) is 7.36. The van der Waals surface area contributed by atoms with E-state index in [0.29, 0.717) is 19.0 Å². The highest BCUT2D eigenvalue weighted by molar-refractivity contribution is 5.75. The quantitative estimate of drug-likeness (QED) is 0.589. The number of nitrogens with zero attached hydrogens (tertiary/aromatic N) is 1. The highest BCUT2D eigenvalue weighted by Gasteiger charge is 2.65. The van der Waals surface area contributed by atoms with Crippen molar-refractivity contribution in [3.8, 4) is 0 Å². The fourth-order valence-corrected chi connectivity index (χ4v) is 6.66. The zero-order valence-corrected chi connectivity index (χ0v) is 17.4. The first-order valence-electron chi connectivity index (χ1n) is 11.2. The number of carbonyl (C=O) groups excluding carboxylic acids is 1. The summed E-state index contributed by atoms with van der Waals surface area (Å²) in [6, 6.07) is 10.3. The summed E-state index contributed by atoms with van der Waals surface area (Å²) in [4.78, 5) is 15.1. The third-order valence-electron chi connectivity index (χ3n) is 8.20. The fourth-order valence-electron chi connectivity index (χ4n) is 6.66. The lowest BCUT2D eigenvalue weighted by molar-refractivity contribution is -0.147. The number of rotatable bonds is 6. The summed E-state index contributed by atoms with van der Waals surface area (Å²) in [7, 11) is 0. The first-order valence-corrected chi connectivity index (χ1v) is 11.2. The van der Waals surface area contributed by atoms with Gasteiger partial charge in [-0.3, -0.25) is 9.69 Å². The van der Waals surface area contributed by atoms with E-state index in [0.717, 1.165) is 26.0 Å². The molecule has 2 aliphatic heterocycles. The van der Waals surface area contributed by atoms with E-state index in [1.807, 2.05) is 18.2 Å². The number of ether oxygens (including phenoxy) is 2. The lowest BCUT2D eigenvalue weighted by atomic mass is 9.53. The third kappa shape index (κ3) is 3.51. The van der Waals surface area contributed by atoms with Gasteiger partial charge in [-0.25, -0.2) is 0 Å². The van der Waals surface area contributed by atoms with E-state index in [4.69, 9.17) is 9.47 Å². The van der Waals surface area contributed by atoms with Crippen LogP contribution in [-0.2, 0) is 20.8 Å². The van der Waals surface area contributed by atoms with Crippen LogP contribution < -0.4 is 0 Å². The zero-order chi connectivity index (χ0) is 20.1. The van der Waals surface area contributed by atoms with Gasteiger partial charge in [-0.05, 0) is 49.0 Å². The molecule has 1 aromatic rings. The highest BCUT2D eigenvalue weighted by Crippen LogP contribution is 2.62. The maximum Gasteiger partial charge on any atom is 0.310 e. The van der Waals surface area contributed by atoms with Crippen LogP contribution in [-0.4, -0.2) is 54.0 Å². The fraction of sp³-hybridized carbons (Fsp3) is 0.708. The number of fused-ring (bicyclic) bond motifs is 3. The third-order valence-corrected chi connectivity index (χ3v) is 8.20. The number of epoxide rings is 1. The smallest absolute Gasteiger partial charge is 0.310 e. The van der Waals surface area contributed by atoms with Gasteiger partial charge in [0.1, 0.15) is 6.10 Å². The van der Waals surface area contributed by atoms with Crippen molar-refractivity contribution >= 4 is 5.97 Å². The Labute approximate surface area is 173 Å². The summed E-state index contributed by atoms with van der Waals surface area (Å²) in [5.41, 5.74) is 1.53. The molecule has 2 heterocycles. The zero-order valence-electron chi connectivity index (χ0n) is 17.4. The maximum atomic E-state index is 12.9. The number of carbonyl (C=O) groups is 1. The molecule has 5 rings (SSSR count). The Morgan fingerprint density at radius 3 is 2.76 bits per heavy atom. The molecule has 2 saturated heterocycles.